The van der Waals surface area contributed by atoms with Crippen LogP contribution >= 0.6 is 0 Å². The molecule has 2 heterocycles. The number of benzene rings is 2. The molecule has 0 bridgehead atoms. The minimum absolute atomic E-state index is 0.0261. The lowest BCUT2D eigenvalue weighted by atomic mass is 9.90. The molecule has 2 amide bonds. The number of rotatable bonds is 4. The third-order valence-corrected chi connectivity index (χ3v) is 8.76. The van der Waals surface area contributed by atoms with E-state index in [4.69, 9.17) is 0 Å². The first-order valence-corrected chi connectivity index (χ1v) is 14.2. The van der Waals surface area contributed by atoms with Crippen molar-refractivity contribution in [3.8, 4) is 0 Å². The molecule has 0 spiro atoms. The van der Waals surface area contributed by atoms with E-state index in [-0.39, 0.29) is 11.8 Å². The molecule has 0 radical (unpaired) electrons. The number of nitrogens with zero attached hydrogens (tertiary/aromatic N) is 2. The van der Waals surface area contributed by atoms with Crippen LogP contribution in [0.15, 0.2) is 36.4 Å². The lowest BCUT2D eigenvalue weighted by Gasteiger charge is -2.28. The van der Waals surface area contributed by atoms with Crippen LogP contribution < -0.4 is 10.6 Å². The fraction of sp³-hybridized carbons (Fsp3) is 0.438. The Morgan fingerprint density at radius 3 is 1.45 bits per heavy atom. The highest BCUT2D eigenvalue weighted by Crippen LogP contribution is 2.32. The number of H-pyrrole nitrogens is 2. The molecule has 0 unspecified atom stereocenters. The molecule has 8 nitrogen and oxygen atoms in total. The highest BCUT2D eigenvalue weighted by Gasteiger charge is 2.25. The van der Waals surface area contributed by atoms with Crippen LogP contribution in [0, 0.1) is 0 Å². The van der Waals surface area contributed by atoms with Crippen LogP contribution in [0.25, 0.3) is 21.8 Å². The van der Waals surface area contributed by atoms with Crippen molar-refractivity contribution >= 4 is 33.6 Å². The van der Waals surface area contributed by atoms with E-state index in [2.05, 4.69) is 58.6 Å². The summed E-state index contributed by atoms with van der Waals surface area (Å²) < 4.78 is 0. The molecule has 212 valence electrons. The van der Waals surface area contributed by atoms with E-state index < -0.39 is 0 Å². The first kappa shape index (κ1) is 27.9. The standard InChI is InChI=1S/2C16H21N3O/c2*1-17-16(20)10-4-6-14-12(8-10)13-9-11(19(2)3)5-7-15(13)18-14/h2*4,6,8,11,18H,5,7,9H2,1-3H3,(H,17,20)/t2*11-/m10/s1. The number of aromatic amines is 2. The number of carbonyl (C=O) groups is 2. The van der Waals surface area contributed by atoms with Gasteiger partial charge < -0.3 is 30.4 Å². The molecule has 2 atom stereocenters. The van der Waals surface area contributed by atoms with Crippen LogP contribution in [0.4, 0.5) is 0 Å². The molecule has 40 heavy (non-hydrogen) atoms. The van der Waals surface area contributed by atoms with Gasteiger partial charge in [-0.05, 0) is 114 Å². The molecule has 0 aliphatic heterocycles. The lowest BCUT2D eigenvalue weighted by molar-refractivity contribution is 0.0955. The van der Waals surface area contributed by atoms with E-state index in [1.807, 2.05) is 36.4 Å². The molecular formula is C32H42N6O2. The highest BCUT2D eigenvalue weighted by molar-refractivity contribution is 6.00. The topological polar surface area (TPSA) is 96.3 Å². The fourth-order valence-corrected chi connectivity index (χ4v) is 6.25. The van der Waals surface area contributed by atoms with Gasteiger partial charge in [-0.3, -0.25) is 9.59 Å². The molecule has 0 saturated carbocycles. The van der Waals surface area contributed by atoms with Gasteiger partial charge in [0.25, 0.3) is 11.8 Å². The molecule has 0 fully saturated rings. The Morgan fingerprint density at radius 1 is 0.700 bits per heavy atom. The highest BCUT2D eigenvalue weighted by atomic mass is 16.2. The Kier molecular flexibility index (Phi) is 8.01. The third-order valence-electron chi connectivity index (χ3n) is 8.76. The van der Waals surface area contributed by atoms with Crippen molar-refractivity contribution in [3.63, 3.8) is 0 Å². The molecule has 2 aromatic carbocycles. The largest absolute Gasteiger partial charge is 0.358 e. The van der Waals surface area contributed by atoms with Crippen LogP contribution in [0.3, 0.4) is 0 Å². The van der Waals surface area contributed by atoms with Crippen molar-refractivity contribution in [3.05, 3.63) is 70.0 Å². The van der Waals surface area contributed by atoms with Crippen molar-refractivity contribution in [2.45, 2.75) is 50.6 Å². The first-order valence-electron chi connectivity index (χ1n) is 14.2. The SMILES string of the molecule is CNC(=O)c1ccc2[nH]c3c(c2c1)C[C@@H](N(C)C)CC3.CNC(=O)c1ccc2[nH]c3c(c2c1)C[C@H](N(C)C)CC3. The molecule has 4 N–H and O–H groups in total. The number of fused-ring (bicyclic) bond motifs is 6. The summed E-state index contributed by atoms with van der Waals surface area (Å²) >= 11 is 0. The predicted molar refractivity (Wildman–Crippen MR) is 162 cm³/mol. The zero-order chi connectivity index (χ0) is 28.6. The van der Waals surface area contributed by atoms with Gasteiger partial charge in [-0.15, -0.1) is 0 Å². The van der Waals surface area contributed by atoms with Crippen molar-refractivity contribution in [1.82, 2.24) is 30.4 Å². The van der Waals surface area contributed by atoms with Gasteiger partial charge in [0.05, 0.1) is 0 Å². The molecule has 2 aliphatic rings. The summed E-state index contributed by atoms with van der Waals surface area (Å²) in [5.41, 5.74) is 9.19. The molecule has 2 aromatic heterocycles. The minimum Gasteiger partial charge on any atom is -0.358 e. The molecule has 8 heteroatoms. The van der Waals surface area contributed by atoms with Crippen LogP contribution in [-0.4, -0.2) is 86.0 Å². The average Bonchev–Trinajstić information content (AvgIpc) is 3.52. The average molecular weight is 543 g/mol. The van der Waals surface area contributed by atoms with E-state index in [0.29, 0.717) is 12.1 Å². The van der Waals surface area contributed by atoms with E-state index >= 15 is 0 Å². The van der Waals surface area contributed by atoms with E-state index in [0.717, 1.165) is 47.8 Å². The summed E-state index contributed by atoms with van der Waals surface area (Å²) in [5.74, 6) is -0.0522. The quantitative estimate of drug-likeness (QED) is 0.315. The summed E-state index contributed by atoms with van der Waals surface area (Å²) in [7, 11) is 11.9. The smallest absolute Gasteiger partial charge is 0.251 e. The maximum absolute atomic E-state index is 11.8. The van der Waals surface area contributed by atoms with Crippen molar-refractivity contribution < 1.29 is 9.59 Å². The summed E-state index contributed by atoms with van der Waals surface area (Å²) in [5, 5.41) is 7.78. The van der Waals surface area contributed by atoms with Gasteiger partial charge in [0.15, 0.2) is 0 Å². The van der Waals surface area contributed by atoms with Gasteiger partial charge in [0.2, 0.25) is 0 Å². The van der Waals surface area contributed by atoms with E-state index in [1.54, 1.807) is 14.1 Å². The summed E-state index contributed by atoms with van der Waals surface area (Å²) in [6, 6.07) is 13.0. The van der Waals surface area contributed by atoms with Gasteiger partial charge in [0, 0.05) is 70.5 Å². The Hall–Kier alpha value is -3.62. The number of hydrogen-bond acceptors (Lipinski definition) is 4. The third kappa shape index (κ3) is 5.38. The van der Waals surface area contributed by atoms with Crippen molar-refractivity contribution in [1.29, 1.82) is 0 Å². The number of nitrogens with one attached hydrogen (secondary N) is 4. The van der Waals surface area contributed by atoms with Crippen molar-refractivity contribution in [2.75, 3.05) is 42.3 Å². The van der Waals surface area contributed by atoms with Gasteiger partial charge in [-0.1, -0.05) is 0 Å². The summed E-state index contributed by atoms with van der Waals surface area (Å²) in [6.45, 7) is 0. The number of amides is 2. The summed E-state index contributed by atoms with van der Waals surface area (Å²) in [6.07, 6.45) is 6.66. The Morgan fingerprint density at radius 2 is 1.10 bits per heavy atom. The second-order valence-electron chi connectivity index (χ2n) is 11.6. The lowest BCUT2D eigenvalue weighted by Crippen LogP contribution is -2.33. The van der Waals surface area contributed by atoms with Gasteiger partial charge in [-0.25, -0.2) is 0 Å². The van der Waals surface area contributed by atoms with Crippen LogP contribution in [0.5, 0.6) is 0 Å². The number of carbonyl (C=O) groups excluding carboxylic acids is 2. The minimum atomic E-state index is -0.0261. The van der Waals surface area contributed by atoms with Gasteiger partial charge in [0.1, 0.15) is 0 Å². The first-order chi connectivity index (χ1) is 19.2. The normalized spacial score (nSPS) is 18.3. The number of likely N-dealkylation sites (N-methyl/N-ethyl adjacent to an activating group) is 2. The predicted octanol–water partition coefficient (Wildman–Crippen LogP) is 3.89. The molecular weight excluding hydrogens is 500 g/mol. The summed E-state index contributed by atoms with van der Waals surface area (Å²) in [4.78, 5) is 35.2. The zero-order valence-corrected chi connectivity index (χ0v) is 24.6. The maximum Gasteiger partial charge on any atom is 0.251 e. The Labute approximate surface area is 236 Å². The maximum atomic E-state index is 11.8. The van der Waals surface area contributed by atoms with Crippen LogP contribution in [0.1, 0.15) is 56.1 Å². The second-order valence-corrected chi connectivity index (χ2v) is 11.6. The second kappa shape index (κ2) is 11.5. The monoisotopic (exact) mass is 542 g/mol. The molecule has 2 aliphatic carbocycles. The number of aryl methyl sites for hydroxylation is 2. The Balaban J connectivity index is 0.000000161. The Bertz CT molecular complexity index is 1430. The van der Waals surface area contributed by atoms with Crippen LogP contribution in [0.2, 0.25) is 0 Å². The van der Waals surface area contributed by atoms with Crippen molar-refractivity contribution in [2.24, 2.45) is 0 Å². The molecule has 4 aromatic rings. The molecule has 0 saturated heterocycles. The van der Waals surface area contributed by atoms with Gasteiger partial charge >= 0.3 is 0 Å². The van der Waals surface area contributed by atoms with E-state index in [1.165, 1.54) is 46.1 Å². The fourth-order valence-electron chi connectivity index (χ4n) is 6.25. The van der Waals surface area contributed by atoms with E-state index in [9.17, 15) is 9.59 Å². The number of aromatic nitrogens is 2. The zero-order valence-electron chi connectivity index (χ0n) is 24.6. The molecule has 6 rings (SSSR count). The van der Waals surface area contributed by atoms with Gasteiger partial charge in [-0.2, -0.15) is 0 Å². The number of hydrogen-bond donors (Lipinski definition) is 4. The van der Waals surface area contributed by atoms with Crippen LogP contribution in [-0.2, 0) is 25.7 Å².